The van der Waals surface area contributed by atoms with Crippen molar-refractivity contribution in [1.82, 2.24) is 0 Å². The standard InChI is InChI=1S/C44H80O14/c1-3-5-7-9-11-13-14-15-16-17-18-19-21-23-25-27-36(46)56-33(30-53-28-26-24-22-20-12-10-8-6-4-2)31-54-43-42(52)40(50)38(48)35(58-43)32-55-44-41(51)39(49)37(47)34(29-45)57-44/h11,13,15-16,33-35,37-45,47-52H,3-10,12,14,17-32H2,1-2H3/b13-11-,16-15-. The molecule has 340 valence electrons. The summed E-state index contributed by atoms with van der Waals surface area (Å²) in [5.74, 6) is -0.391. The fourth-order valence-electron chi connectivity index (χ4n) is 6.96. The van der Waals surface area contributed by atoms with E-state index in [1.165, 1.54) is 57.8 Å². The summed E-state index contributed by atoms with van der Waals surface area (Å²) in [6.07, 6.45) is 15.4. The topological polar surface area (TPSA) is 214 Å². The maximum Gasteiger partial charge on any atom is 0.306 e. The third-order valence-corrected chi connectivity index (χ3v) is 10.7. The zero-order valence-corrected chi connectivity index (χ0v) is 35.5. The zero-order chi connectivity index (χ0) is 42.4. The van der Waals surface area contributed by atoms with Gasteiger partial charge < -0.3 is 64.2 Å². The molecule has 2 fully saturated rings. The highest BCUT2D eigenvalue weighted by atomic mass is 16.7. The normalized spacial score (nSPS) is 28.4. The van der Waals surface area contributed by atoms with Crippen molar-refractivity contribution in [3.8, 4) is 0 Å². The third-order valence-electron chi connectivity index (χ3n) is 10.7. The van der Waals surface area contributed by atoms with Gasteiger partial charge in [-0.15, -0.1) is 0 Å². The molecule has 0 aliphatic carbocycles. The van der Waals surface area contributed by atoms with Gasteiger partial charge in [0.1, 0.15) is 54.9 Å². The molecule has 2 heterocycles. The molecular weight excluding hydrogens is 752 g/mol. The van der Waals surface area contributed by atoms with Gasteiger partial charge in [-0.3, -0.25) is 4.79 Å². The first kappa shape index (κ1) is 52.6. The average molecular weight is 833 g/mol. The van der Waals surface area contributed by atoms with E-state index < -0.39 is 86.7 Å². The second kappa shape index (κ2) is 33.1. The molecule has 2 saturated heterocycles. The number of aliphatic hydroxyl groups excluding tert-OH is 7. The van der Waals surface area contributed by atoms with Crippen LogP contribution in [0.15, 0.2) is 24.3 Å². The smallest absolute Gasteiger partial charge is 0.306 e. The molecule has 2 rings (SSSR count). The van der Waals surface area contributed by atoms with Gasteiger partial charge in [-0.1, -0.05) is 122 Å². The summed E-state index contributed by atoms with van der Waals surface area (Å²) in [7, 11) is 0. The van der Waals surface area contributed by atoms with Crippen molar-refractivity contribution in [3.63, 3.8) is 0 Å². The van der Waals surface area contributed by atoms with Crippen LogP contribution in [0.25, 0.3) is 0 Å². The molecule has 2 aliphatic heterocycles. The second-order valence-electron chi connectivity index (χ2n) is 15.9. The van der Waals surface area contributed by atoms with Crippen LogP contribution >= 0.6 is 0 Å². The Kier molecular flexibility index (Phi) is 30.1. The van der Waals surface area contributed by atoms with E-state index in [0.717, 1.165) is 64.2 Å². The Balaban J connectivity index is 1.82. The van der Waals surface area contributed by atoms with Gasteiger partial charge in [0.15, 0.2) is 12.6 Å². The first-order valence-electron chi connectivity index (χ1n) is 22.4. The molecular formula is C44H80O14. The minimum Gasteiger partial charge on any atom is -0.457 e. The van der Waals surface area contributed by atoms with E-state index in [4.69, 9.17) is 28.4 Å². The fourth-order valence-corrected chi connectivity index (χ4v) is 6.96. The minimum absolute atomic E-state index is 0.0581. The lowest BCUT2D eigenvalue weighted by molar-refractivity contribution is -0.332. The molecule has 0 aromatic heterocycles. The van der Waals surface area contributed by atoms with Crippen LogP contribution in [-0.4, -0.2) is 142 Å². The Morgan fingerprint density at radius 3 is 1.69 bits per heavy atom. The van der Waals surface area contributed by atoms with Crippen LogP contribution in [-0.2, 0) is 33.2 Å². The summed E-state index contributed by atoms with van der Waals surface area (Å²) in [6.45, 7) is 3.61. The summed E-state index contributed by atoms with van der Waals surface area (Å²) in [5, 5.41) is 71.8. The van der Waals surface area contributed by atoms with Gasteiger partial charge in [0.2, 0.25) is 0 Å². The molecule has 14 heteroatoms. The Bertz CT molecular complexity index is 1060. The molecule has 0 amide bonds. The number of aliphatic hydroxyl groups is 7. The van der Waals surface area contributed by atoms with Gasteiger partial charge in [-0.25, -0.2) is 0 Å². The van der Waals surface area contributed by atoms with Gasteiger partial charge >= 0.3 is 5.97 Å². The van der Waals surface area contributed by atoms with E-state index in [9.17, 15) is 40.5 Å². The summed E-state index contributed by atoms with van der Waals surface area (Å²) < 4.78 is 34.1. The van der Waals surface area contributed by atoms with Crippen LogP contribution in [0.2, 0.25) is 0 Å². The van der Waals surface area contributed by atoms with E-state index >= 15 is 0 Å². The van der Waals surface area contributed by atoms with Crippen LogP contribution in [0.1, 0.15) is 149 Å². The highest BCUT2D eigenvalue weighted by molar-refractivity contribution is 5.69. The van der Waals surface area contributed by atoms with E-state index in [1.807, 2.05) is 0 Å². The molecule has 0 aromatic carbocycles. The number of carbonyl (C=O) groups excluding carboxylic acids is 1. The number of esters is 1. The SMILES string of the molecule is CCCCC/C=C\C/C=C\CCCCCCCC(=O)OC(COCCCCCCCCCCC)COC1OC(COC2OC(CO)C(O)C(O)C2O)C(O)C(O)C1O. The number of ether oxygens (including phenoxy) is 6. The summed E-state index contributed by atoms with van der Waals surface area (Å²) in [6, 6.07) is 0. The Hall–Kier alpha value is -1.53. The summed E-state index contributed by atoms with van der Waals surface area (Å²) >= 11 is 0. The van der Waals surface area contributed by atoms with Gasteiger partial charge in [-0.05, 0) is 44.9 Å². The van der Waals surface area contributed by atoms with Crippen molar-refractivity contribution >= 4 is 5.97 Å². The largest absolute Gasteiger partial charge is 0.457 e. The maximum atomic E-state index is 12.9. The molecule has 11 unspecified atom stereocenters. The molecule has 0 saturated carbocycles. The van der Waals surface area contributed by atoms with E-state index in [-0.39, 0.29) is 19.6 Å². The van der Waals surface area contributed by atoms with Gasteiger partial charge in [0.05, 0.1) is 26.4 Å². The van der Waals surface area contributed by atoms with Crippen molar-refractivity contribution in [1.29, 1.82) is 0 Å². The molecule has 58 heavy (non-hydrogen) atoms. The molecule has 7 N–H and O–H groups in total. The fraction of sp³-hybridized carbons (Fsp3) is 0.886. The predicted molar refractivity (Wildman–Crippen MR) is 220 cm³/mol. The van der Waals surface area contributed by atoms with Crippen LogP contribution in [0, 0.1) is 0 Å². The number of allylic oxidation sites excluding steroid dienone is 4. The Morgan fingerprint density at radius 2 is 1.07 bits per heavy atom. The van der Waals surface area contributed by atoms with E-state index in [2.05, 4.69) is 38.2 Å². The minimum atomic E-state index is -1.70. The number of carbonyl (C=O) groups is 1. The maximum absolute atomic E-state index is 12.9. The monoisotopic (exact) mass is 833 g/mol. The number of unbranched alkanes of at least 4 members (excludes halogenated alkanes) is 16. The lowest BCUT2D eigenvalue weighted by Gasteiger charge is -2.42. The Morgan fingerprint density at radius 1 is 0.569 bits per heavy atom. The van der Waals surface area contributed by atoms with Crippen molar-refractivity contribution in [2.75, 3.05) is 33.0 Å². The van der Waals surface area contributed by atoms with E-state index in [0.29, 0.717) is 13.0 Å². The lowest BCUT2D eigenvalue weighted by Crippen LogP contribution is -2.61. The molecule has 14 nitrogen and oxygen atoms in total. The van der Waals surface area contributed by atoms with Crippen LogP contribution in [0.5, 0.6) is 0 Å². The first-order valence-corrected chi connectivity index (χ1v) is 22.4. The van der Waals surface area contributed by atoms with E-state index in [1.54, 1.807) is 0 Å². The zero-order valence-electron chi connectivity index (χ0n) is 35.5. The quantitative estimate of drug-likeness (QED) is 0.0261. The number of hydrogen-bond acceptors (Lipinski definition) is 14. The molecule has 2 aliphatic rings. The van der Waals surface area contributed by atoms with Crippen molar-refractivity contribution in [3.05, 3.63) is 24.3 Å². The van der Waals surface area contributed by atoms with Crippen LogP contribution < -0.4 is 0 Å². The van der Waals surface area contributed by atoms with Crippen LogP contribution in [0.3, 0.4) is 0 Å². The van der Waals surface area contributed by atoms with Gasteiger partial charge in [-0.2, -0.15) is 0 Å². The van der Waals surface area contributed by atoms with Crippen molar-refractivity contribution < 1.29 is 69.0 Å². The van der Waals surface area contributed by atoms with Crippen molar-refractivity contribution in [2.45, 2.75) is 216 Å². The molecule has 0 aromatic rings. The summed E-state index contributed by atoms with van der Waals surface area (Å²) in [5.41, 5.74) is 0. The highest BCUT2D eigenvalue weighted by Crippen LogP contribution is 2.26. The molecule has 0 spiro atoms. The third kappa shape index (κ3) is 21.8. The molecule has 11 atom stereocenters. The second-order valence-corrected chi connectivity index (χ2v) is 15.9. The summed E-state index contributed by atoms with van der Waals surface area (Å²) in [4.78, 5) is 12.9. The van der Waals surface area contributed by atoms with Gasteiger partial charge in [0, 0.05) is 13.0 Å². The Labute approximate surface area is 347 Å². The number of hydrogen-bond donors (Lipinski definition) is 7. The number of rotatable bonds is 34. The molecule has 0 radical (unpaired) electrons. The average Bonchev–Trinajstić information content (AvgIpc) is 3.22. The highest BCUT2D eigenvalue weighted by Gasteiger charge is 2.47. The van der Waals surface area contributed by atoms with Crippen LogP contribution in [0.4, 0.5) is 0 Å². The first-order chi connectivity index (χ1) is 28.1. The van der Waals surface area contributed by atoms with Crippen molar-refractivity contribution in [2.24, 2.45) is 0 Å². The van der Waals surface area contributed by atoms with Gasteiger partial charge in [0.25, 0.3) is 0 Å². The molecule has 0 bridgehead atoms. The lowest BCUT2D eigenvalue weighted by atomic mass is 9.98. The predicted octanol–water partition coefficient (Wildman–Crippen LogP) is 4.90.